The zero-order chi connectivity index (χ0) is 13.5. The first kappa shape index (κ1) is 12.9. The van der Waals surface area contributed by atoms with Crippen LogP contribution < -0.4 is 10.1 Å². The molecule has 0 aromatic heterocycles. The molecule has 3 nitrogen and oxygen atoms in total. The Morgan fingerprint density at radius 2 is 1.74 bits per heavy atom. The summed E-state index contributed by atoms with van der Waals surface area (Å²) in [5, 5.41) is 3.04. The molecule has 0 atom stereocenters. The van der Waals surface area contributed by atoms with Gasteiger partial charge in [-0.15, -0.1) is 0 Å². The highest BCUT2D eigenvalue weighted by Crippen LogP contribution is 2.12. The van der Waals surface area contributed by atoms with Crippen molar-refractivity contribution in [3.63, 3.8) is 0 Å². The number of rotatable bonds is 5. The summed E-state index contributed by atoms with van der Waals surface area (Å²) in [6.07, 6.45) is 3.15. The van der Waals surface area contributed by atoms with Crippen LogP contribution >= 0.6 is 0 Å². The van der Waals surface area contributed by atoms with Gasteiger partial charge in [0.05, 0.1) is 7.11 Å². The maximum Gasteiger partial charge on any atom is 0.187 e. The Kier molecular flexibility index (Phi) is 4.34. The third kappa shape index (κ3) is 3.71. The van der Waals surface area contributed by atoms with E-state index >= 15 is 0 Å². The lowest BCUT2D eigenvalue weighted by Crippen LogP contribution is -1.96. The second-order valence-corrected chi connectivity index (χ2v) is 3.94. The van der Waals surface area contributed by atoms with Crippen LogP contribution in [0.4, 0.5) is 5.69 Å². The molecule has 2 aromatic rings. The van der Waals surface area contributed by atoms with Crippen LogP contribution in [-0.4, -0.2) is 12.9 Å². The van der Waals surface area contributed by atoms with E-state index in [1.54, 1.807) is 37.6 Å². The SMILES string of the molecule is COc1ccc(C(=O)C=CNc2ccccc2)cc1. The number of carbonyl (C=O) groups excluding carboxylic acids is 1. The van der Waals surface area contributed by atoms with Crippen molar-refractivity contribution in [3.8, 4) is 5.75 Å². The summed E-state index contributed by atoms with van der Waals surface area (Å²) < 4.78 is 5.05. The maximum absolute atomic E-state index is 11.9. The number of carbonyl (C=O) groups is 1. The van der Waals surface area contributed by atoms with Crippen molar-refractivity contribution in [3.05, 3.63) is 72.4 Å². The number of allylic oxidation sites excluding steroid dienone is 1. The molecule has 96 valence electrons. The third-order valence-electron chi connectivity index (χ3n) is 2.63. The lowest BCUT2D eigenvalue weighted by molar-refractivity contribution is 0.104. The third-order valence-corrected chi connectivity index (χ3v) is 2.63. The van der Waals surface area contributed by atoms with Crippen LogP contribution in [0.3, 0.4) is 0 Å². The molecule has 0 fully saturated rings. The number of nitrogens with one attached hydrogen (secondary N) is 1. The van der Waals surface area contributed by atoms with E-state index < -0.39 is 0 Å². The molecule has 0 bridgehead atoms. The molecule has 2 rings (SSSR count). The molecular weight excluding hydrogens is 238 g/mol. The highest BCUT2D eigenvalue weighted by molar-refractivity contribution is 6.04. The fraction of sp³-hybridized carbons (Fsp3) is 0.0625. The van der Waals surface area contributed by atoms with Crippen LogP contribution in [0.15, 0.2) is 66.9 Å². The van der Waals surface area contributed by atoms with E-state index in [-0.39, 0.29) is 5.78 Å². The van der Waals surface area contributed by atoms with E-state index in [1.807, 2.05) is 30.3 Å². The van der Waals surface area contributed by atoms with Crippen molar-refractivity contribution in [2.45, 2.75) is 0 Å². The van der Waals surface area contributed by atoms with Crippen LogP contribution in [0.2, 0.25) is 0 Å². The number of anilines is 1. The molecule has 0 aliphatic carbocycles. The van der Waals surface area contributed by atoms with E-state index in [0.29, 0.717) is 5.56 Å². The van der Waals surface area contributed by atoms with Crippen LogP contribution in [-0.2, 0) is 0 Å². The standard InChI is InChI=1S/C16H15NO2/c1-19-15-9-7-13(8-10-15)16(18)11-12-17-14-5-3-2-4-6-14/h2-12,17H,1H3. The fourth-order valence-electron chi connectivity index (χ4n) is 1.60. The quantitative estimate of drug-likeness (QED) is 0.654. The Balaban J connectivity index is 1.96. The highest BCUT2D eigenvalue weighted by Gasteiger charge is 2.01. The van der Waals surface area contributed by atoms with Crippen molar-refractivity contribution >= 4 is 11.5 Å². The van der Waals surface area contributed by atoms with Gasteiger partial charge in [-0.1, -0.05) is 18.2 Å². The predicted octanol–water partition coefficient (Wildman–Crippen LogP) is 3.50. The van der Waals surface area contributed by atoms with Crippen LogP contribution in [0.5, 0.6) is 5.75 Å². The van der Waals surface area contributed by atoms with Gasteiger partial charge in [0.25, 0.3) is 0 Å². The summed E-state index contributed by atoms with van der Waals surface area (Å²) in [7, 11) is 1.60. The Bertz CT molecular complexity index is 559. The lowest BCUT2D eigenvalue weighted by Gasteiger charge is -2.01. The molecule has 19 heavy (non-hydrogen) atoms. The van der Waals surface area contributed by atoms with Gasteiger partial charge in [0.15, 0.2) is 5.78 Å². The molecule has 0 aliphatic rings. The fourth-order valence-corrected chi connectivity index (χ4v) is 1.60. The van der Waals surface area contributed by atoms with E-state index in [0.717, 1.165) is 11.4 Å². The number of benzene rings is 2. The second-order valence-electron chi connectivity index (χ2n) is 3.94. The minimum Gasteiger partial charge on any atom is -0.497 e. The van der Waals surface area contributed by atoms with Gasteiger partial charge in [-0.2, -0.15) is 0 Å². The molecule has 0 saturated heterocycles. The molecular formula is C16H15NO2. The normalized spacial score (nSPS) is 10.4. The average Bonchev–Trinajstić information content (AvgIpc) is 2.48. The summed E-state index contributed by atoms with van der Waals surface area (Å²) >= 11 is 0. The first-order chi connectivity index (χ1) is 9.29. The van der Waals surface area contributed by atoms with E-state index in [4.69, 9.17) is 4.74 Å². The van der Waals surface area contributed by atoms with E-state index in [2.05, 4.69) is 5.32 Å². The molecule has 0 aliphatic heterocycles. The zero-order valence-electron chi connectivity index (χ0n) is 10.7. The monoisotopic (exact) mass is 253 g/mol. The first-order valence-electron chi connectivity index (χ1n) is 5.96. The number of para-hydroxylation sites is 1. The van der Waals surface area contributed by atoms with Crippen molar-refractivity contribution in [2.75, 3.05) is 12.4 Å². The molecule has 3 heteroatoms. The van der Waals surface area contributed by atoms with E-state index in [9.17, 15) is 4.79 Å². The number of hydrogen-bond donors (Lipinski definition) is 1. The second kappa shape index (κ2) is 6.40. The summed E-state index contributed by atoms with van der Waals surface area (Å²) in [6.45, 7) is 0. The van der Waals surface area contributed by atoms with Gasteiger partial charge in [0.2, 0.25) is 0 Å². The topological polar surface area (TPSA) is 38.3 Å². The molecule has 0 saturated carbocycles. The molecule has 0 heterocycles. The van der Waals surface area contributed by atoms with Gasteiger partial charge >= 0.3 is 0 Å². The Morgan fingerprint density at radius 1 is 1.05 bits per heavy atom. The zero-order valence-corrected chi connectivity index (χ0v) is 10.7. The molecule has 1 N–H and O–H groups in total. The van der Waals surface area contributed by atoms with Crippen LogP contribution in [0, 0.1) is 0 Å². The minimum atomic E-state index is -0.0499. The van der Waals surface area contributed by atoms with E-state index in [1.165, 1.54) is 6.08 Å². The number of methoxy groups -OCH3 is 1. The van der Waals surface area contributed by atoms with Crippen LogP contribution in [0.25, 0.3) is 0 Å². The van der Waals surface area contributed by atoms with Crippen LogP contribution in [0.1, 0.15) is 10.4 Å². The number of ketones is 1. The van der Waals surface area contributed by atoms with Crippen molar-refractivity contribution in [2.24, 2.45) is 0 Å². The van der Waals surface area contributed by atoms with Gasteiger partial charge in [-0.05, 0) is 36.4 Å². The van der Waals surface area contributed by atoms with Gasteiger partial charge in [0, 0.05) is 23.5 Å². The molecule has 0 unspecified atom stereocenters. The molecule has 0 radical (unpaired) electrons. The smallest absolute Gasteiger partial charge is 0.187 e. The van der Waals surface area contributed by atoms with Gasteiger partial charge in [-0.3, -0.25) is 4.79 Å². The maximum atomic E-state index is 11.9. The Morgan fingerprint density at radius 3 is 2.37 bits per heavy atom. The van der Waals surface area contributed by atoms with Crippen molar-refractivity contribution in [1.29, 1.82) is 0 Å². The molecule has 0 amide bonds. The van der Waals surface area contributed by atoms with Gasteiger partial charge in [0.1, 0.15) is 5.75 Å². The summed E-state index contributed by atoms with van der Waals surface area (Å²) in [6, 6.07) is 16.7. The average molecular weight is 253 g/mol. The Labute approximate surface area is 112 Å². The van der Waals surface area contributed by atoms with Gasteiger partial charge in [-0.25, -0.2) is 0 Å². The number of ether oxygens (including phenoxy) is 1. The summed E-state index contributed by atoms with van der Waals surface area (Å²) in [5.41, 5.74) is 1.58. The predicted molar refractivity (Wildman–Crippen MR) is 76.5 cm³/mol. The molecule has 0 spiro atoms. The van der Waals surface area contributed by atoms with Crippen molar-refractivity contribution < 1.29 is 9.53 Å². The Hall–Kier alpha value is -2.55. The first-order valence-corrected chi connectivity index (χ1v) is 5.96. The van der Waals surface area contributed by atoms with Crippen molar-refractivity contribution in [1.82, 2.24) is 0 Å². The number of hydrogen-bond acceptors (Lipinski definition) is 3. The van der Waals surface area contributed by atoms with Gasteiger partial charge < -0.3 is 10.1 Å². The molecule has 2 aromatic carbocycles. The summed E-state index contributed by atoms with van der Waals surface area (Å²) in [4.78, 5) is 11.9. The largest absolute Gasteiger partial charge is 0.497 e. The lowest BCUT2D eigenvalue weighted by atomic mass is 10.1. The minimum absolute atomic E-state index is 0.0499. The summed E-state index contributed by atoms with van der Waals surface area (Å²) in [5.74, 6) is 0.689. The highest BCUT2D eigenvalue weighted by atomic mass is 16.5.